The van der Waals surface area contributed by atoms with Crippen molar-refractivity contribution in [1.82, 2.24) is 5.32 Å². The monoisotopic (exact) mass is 245 g/mol. The fourth-order valence-corrected chi connectivity index (χ4v) is 1.83. The molecule has 3 heteroatoms. The minimum Gasteiger partial charge on any atom is -0.508 e. The van der Waals surface area contributed by atoms with Crippen LogP contribution in [-0.4, -0.2) is 5.11 Å². The van der Waals surface area contributed by atoms with Gasteiger partial charge in [-0.25, -0.2) is 4.39 Å². The Kier molecular flexibility index (Phi) is 3.95. The van der Waals surface area contributed by atoms with Crippen molar-refractivity contribution in [2.45, 2.75) is 19.5 Å². The topological polar surface area (TPSA) is 32.3 Å². The molecule has 0 radical (unpaired) electrons. The van der Waals surface area contributed by atoms with Gasteiger partial charge in [-0.3, -0.25) is 0 Å². The van der Waals surface area contributed by atoms with Gasteiger partial charge in [0, 0.05) is 12.6 Å². The number of benzene rings is 2. The maximum Gasteiger partial charge on any atom is 0.123 e. The molecule has 94 valence electrons. The van der Waals surface area contributed by atoms with Gasteiger partial charge < -0.3 is 10.4 Å². The van der Waals surface area contributed by atoms with Gasteiger partial charge >= 0.3 is 0 Å². The van der Waals surface area contributed by atoms with Gasteiger partial charge in [-0.05, 0) is 42.3 Å². The van der Waals surface area contributed by atoms with Crippen LogP contribution in [0.4, 0.5) is 4.39 Å². The molecule has 0 heterocycles. The molecule has 0 aliphatic heterocycles. The van der Waals surface area contributed by atoms with Crippen molar-refractivity contribution in [2.24, 2.45) is 0 Å². The zero-order chi connectivity index (χ0) is 13.0. The third kappa shape index (κ3) is 3.31. The molecule has 2 N–H and O–H groups in total. The lowest BCUT2D eigenvalue weighted by molar-refractivity contribution is 0.472. The normalized spacial score (nSPS) is 12.3. The highest BCUT2D eigenvalue weighted by molar-refractivity contribution is 5.29. The fraction of sp³-hybridized carbons (Fsp3) is 0.200. The molecule has 0 saturated carbocycles. The number of hydrogen-bond donors (Lipinski definition) is 2. The Bertz CT molecular complexity index is 527. The minimum atomic E-state index is -0.223. The Balaban J connectivity index is 1.98. The SMILES string of the molecule is CC(NCc1cccc(F)c1)c1cccc(O)c1. The zero-order valence-corrected chi connectivity index (χ0v) is 10.2. The Morgan fingerprint density at radius 1 is 1.17 bits per heavy atom. The molecule has 2 aromatic carbocycles. The van der Waals surface area contributed by atoms with E-state index in [1.807, 2.05) is 25.1 Å². The van der Waals surface area contributed by atoms with Crippen molar-refractivity contribution in [3.63, 3.8) is 0 Å². The summed E-state index contributed by atoms with van der Waals surface area (Å²) in [5, 5.41) is 12.7. The Hall–Kier alpha value is -1.87. The number of phenolic OH excluding ortho intramolecular Hbond substituents is 1. The second-order valence-corrected chi connectivity index (χ2v) is 4.33. The highest BCUT2D eigenvalue weighted by Gasteiger charge is 2.05. The van der Waals surface area contributed by atoms with E-state index in [1.54, 1.807) is 18.2 Å². The van der Waals surface area contributed by atoms with Gasteiger partial charge in [-0.2, -0.15) is 0 Å². The number of hydrogen-bond acceptors (Lipinski definition) is 2. The number of halogens is 1. The van der Waals surface area contributed by atoms with Gasteiger partial charge in [0.15, 0.2) is 0 Å². The van der Waals surface area contributed by atoms with Gasteiger partial charge in [0.05, 0.1) is 0 Å². The highest BCUT2D eigenvalue weighted by atomic mass is 19.1. The van der Waals surface area contributed by atoms with Crippen LogP contribution >= 0.6 is 0 Å². The van der Waals surface area contributed by atoms with Gasteiger partial charge in [-0.1, -0.05) is 24.3 Å². The molecule has 0 fully saturated rings. The van der Waals surface area contributed by atoms with Crippen LogP contribution in [0.3, 0.4) is 0 Å². The van der Waals surface area contributed by atoms with Crippen LogP contribution in [0.1, 0.15) is 24.1 Å². The fourth-order valence-electron chi connectivity index (χ4n) is 1.83. The van der Waals surface area contributed by atoms with E-state index in [-0.39, 0.29) is 17.6 Å². The quantitative estimate of drug-likeness (QED) is 0.865. The van der Waals surface area contributed by atoms with Crippen LogP contribution in [0.5, 0.6) is 5.75 Å². The summed E-state index contributed by atoms with van der Waals surface area (Å²) in [5.41, 5.74) is 1.91. The summed E-state index contributed by atoms with van der Waals surface area (Å²) in [6, 6.07) is 13.8. The predicted octanol–water partition coefficient (Wildman–Crippen LogP) is 3.38. The van der Waals surface area contributed by atoms with E-state index in [4.69, 9.17) is 0 Å². The van der Waals surface area contributed by atoms with Crippen LogP contribution < -0.4 is 5.32 Å². The highest BCUT2D eigenvalue weighted by Crippen LogP contribution is 2.18. The van der Waals surface area contributed by atoms with E-state index in [0.29, 0.717) is 6.54 Å². The molecule has 0 saturated heterocycles. The molecule has 2 rings (SSSR count). The van der Waals surface area contributed by atoms with Crippen molar-refractivity contribution in [3.05, 3.63) is 65.5 Å². The summed E-state index contributed by atoms with van der Waals surface area (Å²) in [5.74, 6) is 0.0335. The molecule has 1 atom stereocenters. The lowest BCUT2D eigenvalue weighted by Gasteiger charge is -2.14. The molecule has 0 aromatic heterocycles. The number of nitrogens with one attached hydrogen (secondary N) is 1. The second-order valence-electron chi connectivity index (χ2n) is 4.33. The predicted molar refractivity (Wildman–Crippen MR) is 69.8 cm³/mol. The van der Waals surface area contributed by atoms with E-state index in [2.05, 4.69) is 5.32 Å². The van der Waals surface area contributed by atoms with Gasteiger partial charge in [0.2, 0.25) is 0 Å². The maximum absolute atomic E-state index is 13.0. The maximum atomic E-state index is 13.0. The standard InChI is InChI=1S/C15H16FNO/c1-11(13-5-3-7-15(18)9-13)17-10-12-4-2-6-14(16)8-12/h2-9,11,17-18H,10H2,1H3. The largest absolute Gasteiger partial charge is 0.508 e. The number of aromatic hydroxyl groups is 1. The Morgan fingerprint density at radius 2 is 1.94 bits per heavy atom. The van der Waals surface area contributed by atoms with E-state index < -0.39 is 0 Å². The van der Waals surface area contributed by atoms with Crippen LogP contribution in [-0.2, 0) is 6.54 Å². The van der Waals surface area contributed by atoms with Crippen molar-refractivity contribution in [1.29, 1.82) is 0 Å². The molecule has 0 amide bonds. The van der Waals surface area contributed by atoms with Crippen LogP contribution in [0, 0.1) is 5.82 Å². The summed E-state index contributed by atoms with van der Waals surface area (Å²) in [6.45, 7) is 2.60. The third-order valence-electron chi connectivity index (χ3n) is 2.87. The van der Waals surface area contributed by atoms with Crippen LogP contribution in [0.25, 0.3) is 0 Å². The summed E-state index contributed by atoms with van der Waals surface area (Å²) in [4.78, 5) is 0. The lowest BCUT2D eigenvalue weighted by Crippen LogP contribution is -2.18. The molecule has 0 aliphatic carbocycles. The number of phenols is 1. The van der Waals surface area contributed by atoms with Crippen molar-refractivity contribution in [2.75, 3.05) is 0 Å². The van der Waals surface area contributed by atoms with Crippen molar-refractivity contribution >= 4 is 0 Å². The molecule has 0 aliphatic rings. The molecule has 0 bridgehead atoms. The summed E-state index contributed by atoms with van der Waals surface area (Å²) in [6.07, 6.45) is 0. The summed E-state index contributed by atoms with van der Waals surface area (Å²) in [7, 11) is 0. The first-order valence-corrected chi connectivity index (χ1v) is 5.92. The average Bonchev–Trinajstić information content (AvgIpc) is 2.36. The third-order valence-corrected chi connectivity index (χ3v) is 2.87. The zero-order valence-electron chi connectivity index (χ0n) is 10.2. The van der Waals surface area contributed by atoms with Gasteiger partial charge in [0.1, 0.15) is 11.6 Å². The summed E-state index contributed by atoms with van der Waals surface area (Å²) < 4.78 is 13.0. The molecular formula is C15H16FNO. The van der Waals surface area contributed by atoms with Gasteiger partial charge in [0.25, 0.3) is 0 Å². The van der Waals surface area contributed by atoms with Crippen LogP contribution in [0.2, 0.25) is 0 Å². The molecule has 1 unspecified atom stereocenters. The molecule has 18 heavy (non-hydrogen) atoms. The molecular weight excluding hydrogens is 229 g/mol. The first-order valence-electron chi connectivity index (χ1n) is 5.92. The average molecular weight is 245 g/mol. The van der Waals surface area contributed by atoms with Crippen LogP contribution in [0.15, 0.2) is 48.5 Å². The van der Waals surface area contributed by atoms with E-state index in [9.17, 15) is 9.50 Å². The Morgan fingerprint density at radius 3 is 2.67 bits per heavy atom. The van der Waals surface area contributed by atoms with E-state index in [1.165, 1.54) is 12.1 Å². The Labute approximate surface area is 106 Å². The number of rotatable bonds is 4. The summed E-state index contributed by atoms with van der Waals surface area (Å²) >= 11 is 0. The first kappa shape index (κ1) is 12.6. The molecule has 2 nitrogen and oxygen atoms in total. The molecule has 0 spiro atoms. The van der Waals surface area contributed by atoms with Gasteiger partial charge in [-0.15, -0.1) is 0 Å². The van der Waals surface area contributed by atoms with Crippen molar-refractivity contribution < 1.29 is 9.50 Å². The minimum absolute atomic E-state index is 0.0976. The smallest absolute Gasteiger partial charge is 0.123 e. The molecule has 2 aromatic rings. The second kappa shape index (κ2) is 5.65. The van der Waals surface area contributed by atoms with E-state index >= 15 is 0 Å². The lowest BCUT2D eigenvalue weighted by atomic mass is 10.1. The van der Waals surface area contributed by atoms with Crippen molar-refractivity contribution in [3.8, 4) is 5.75 Å². The first-order chi connectivity index (χ1) is 8.65. The van der Waals surface area contributed by atoms with E-state index in [0.717, 1.165) is 11.1 Å².